The van der Waals surface area contributed by atoms with E-state index in [2.05, 4.69) is 4.98 Å². The van der Waals surface area contributed by atoms with Crippen LogP contribution in [0.5, 0.6) is 0 Å². The highest BCUT2D eigenvalue weighted by molar-refractivity contribution is 5.54. The Balaban J connectivity index is 2.31. The average molecular weight is 263 g/mol. The van der Waals surface area contributed by atoms with Gasteiger partial charge in [-0.25, -0.2) is 9.37 Å². The van der Waals surface area contributed by atoms with Crippen LogP contribution in [0.25, 0.3) is 0 Å². The number of halogens is 1. The van der Waals surface area contributed by atoms with Crippen LogP contribution >= 0.6 is 0 Å². The van der Waals surface area contributed by atoms with Gasteiger partial charge in [0, 0.05) is 37.7 Å². The van der Waals surface area contributed by atoms with E-state index < -0.39 is 6.10 Å². The average Bonchev–Trinajstić information content (AvgIpc) is 2.74. The first-order chi connectivity index (χ1) is 9.00. The van der Waals surface area contributed by atoms with Gasteiger partial charge in [0.1, 0.15) is 11.6 Å². The molecule has 1 aromatic carbocycles. The summed E-state index contributed by atoms with van der Waals surface area (Å²) in [6.07, 6.45) is 2.74. The summed E-state index contributed by atoms with van der Waals surface area (Å²) in [5, 5.41) is 9.73. The molecule has 0 bridgehead atoms. The number of benzene rings is 1. The SMILES string of the molecule is C[C@H](O)c1c(F)cccc1N(C)Cc1nccn1C. The summed E-state index contributed by atoms with van der Waals surface area (Å²) in [4.78, 5) is 6.13. The number of aliphatic hydroxyl groups excluding tert-OH is 1. The zero-order valence-electron chi connectivity index (χ0n) is 11.3. The maximum absolute atomic E-state index is 13.8. The lowest BCUT2D eigenvalue weighted by atomic mass is 10.1. The standard InChI is InChI=1S/C14H18FN3O/c1-10(19)14-11(15)5-4-6-12(14)18(3)9-13-16-7-8-17(13)2/h4-8,10,19H,9H2,1-3H3/t10-/m0/s1. The van der Waals surface area contributed by atoms with Gasteiger partial charge >= 0.3 is 0 Å². The lowest BCUT2D eigenvalue weighted by Crippen LogP contribution is -2.21. The first-order valence-electron chi connectivity index (χ1n) is 6.14. The third kappa shape index (κ3) is 2.76. The van der Waals surface area contributed by atoms with Crippen molar-refractivity contribution < 1.29 is 9.50 Å². The van der Waals surface area contributed by atoms with Crippen LogP contribution in [0.1, 0.15) is 24.4 Å². The van der Waals surface area contributed by atoms with Gasteiger partial charge in [-0.2, -0.15) is 0 Å². The minimum atomic E-state index is -0.847. The van der Waals surface area contributed by atoms with Crippen molar-refractivity contribution in [2.24, 2.45) is 7.05 Å². The molecule has 102 valence electrons. The van der Waals surface area contributed by atoms with Crippen molar-refractivity contribution in [3.05, 3.63) is 47.8 Å². The molecule has 2 aromatic rings. The summed E-state index contributed by atoms with van der Waals surface area (Å²) < 4.78 is 15.7. The second-order valence-corrected chi connectivity index (χ2v) is 4.66. The van der Waals surface area contributed by atoms with Crippen molar-refractivity contribution in [1.29, 1.82) is 0 Å². The Bertz CT molecular complexity index is 566. The number of hydrogen-bond donors (Lipinski definition) is 1. The van der Waals surface area contributed by atoms with Gasteiger partial charge in [0.05, 0.1) is 12.6 Å². The van der Waals surface area contributed by atoms with E-state index in [1.165, 1.54) is 6.07 Å². The van der Waals surface area contributed by atoms with E-state index in [0.29, 0.717) is 17.8 Å². The molecule has 1 heterocycles. The normalized spacial score (nSPS) is 12.5. The van der Waals surface area contributed by atoms with Crippen LogP contribution in [-0.2, 0) is 13.6 Å². The monoisotopic (exact) mass is 263 g/mol. The van der Waals surface area contributed by atoms with Crippen molar-refractivity contribution in [3.63, 3.8) is 0 Å². The highest BCUT2D eigenvalue weighted by Gasteiger charge is 2.17. The minimum Gasteiger partial charge on any atom is -0.389 e. The van der Waals surface area contributed by atoms with Gasteiger partial charge in [0.2, 0.25) is 0 Å². The molecule has 0 aliphatic carbocycles. The number of aryl methyl sites for hydroxylation is 1. The molecule has 1 aromatic heterocycles. The van der Waals surface area contributed by atoms with Crippen molar-refractivity contribution in [2.45, 2.75) is 19.6 Å². The molecule has 0 aliphatic rings. The molecule has 0 saturated carbocycles. The number of anilines is 1. The molecular formula is C14H18FN3O. The van der Waals surface area contributed by atoms with Crippen molar-refractivity contribution in [2.75, 3.05) is 11.9 Å². The Kier molecular flexibility index (Phi) is 3.85. The quantitative estimate of drug-likeness (QED) is 0.920. The molecule has 0 amide bonds. The minimum absolute atomic E-state index is 0.319. The Hall–Kier alpha value is -1.88. The van der Waals surface area contributed by atoms with Crippen LogP contribution in [0.2, 0.25) is 0 Å². The topological polar surface area (TPSA) is 41.3 Å². The maximum atomic E-state index is 13.8. The molecule has 1 N–H and O–H groups in total. The lowest BCUT2D eigenvalue weighted by molar-refractivity contribution is 0.194. The molecule has 0 spiro atoms. The van der Waals surface area contributed by atoms with Gasteiger partial charge in [-0.05, 0) is 19.1 Å². The largest absolute Gasteiger partial charge is 0.389 e. The van der Waals surface area contributed by atoms with Gasteiger partial charge in [-0.1, -0.05) is 6.07 Å². The van der Waals surface area contributed by atoms with Crippen LogP contribution in [0.4, 0.5) is 10.1 Å². The van der Waals surface area contributed by atoms with Crippen LogP contribution in [-0.4, -0.2) is 21.7 Å². The van der Waals surface area contributed by atoms with Gasteiger partial charge in [0.25, 0.3) is 0 Å². The smallest absolute Gasteiger partial charge is 0.131 e. The zero-order chi connectivity index (χ0) is 14.0. The fourth-order valence-electron chi connectivity index (χ4n) is 2.12. The Morgan fingerprint density at radius 2 is 2.21 bits per heavy atom. The van der Waals surface area contributed by atoms with Gasteiger partial charge in [-0.3, -0.25) is 0 Å². The molecule has 0 aliphatic heterocycles. The van der Waals surface area contributed by atoms with E-state index in [4.69, 9.17) is 0 Å². The maximum Gasteiger partial charge on any atom is 0.131 e. The molecular weight excluding hydrogens is 245 g/mol. The van der Waals surface area contributed by atoms with E-state index in [1.54, 1.807) is 25.3 Å². The highest BCUT2D eigenvalue weighted by Crippen LogP contribution is 2.28. The first kappa shape index (κ1) is 13.5. The number of aliphatic hydroxyl groups is 1. The van der Waals surface area contributed by atoms with E-state index in [0.717, 1.165) is 5.82 Å². The predicted molar refractivity (Wildman–Crippen MR) is 72.3 cm³/mol. The van der Waals surface area contributed by atoms with E-state index in [1.807, 2.05) is 29.8 Å². The molecule has 0 fully saturated rings. The van der Waals surface area contributed by atoms with Crippen LogP contribution < -0.4 is 4.90 Å². The third-order valence-electron chi connectivity index (χ3n) is 3.16. The third-order valence-corrected chi connectivity index (χ3v) is 3.16. The van der Waals surface area contributed by atoms with E-state index in [9.17, 15) is 9.50 Å². The second kappa shape index (κ2) is 5.40. The summed E-state index contributed by atoms with van der Waals surface area (Å²) in [5.41, 5.74) is 0.997. The van der Waals surface area contributed by atoms with Crippen molar-refractivity contribution in [1.82, 2.24) is 9.55 Å². The summed E-state index contributed by atoms with van der Waals surface area (Å²) in [6, 6.07) is 4.81. The Labute approximate surface area is 112 Å². The highest BCUT2D eigenvalue weighted by atomic mass is 19.1. The number of hydrogen-bond acceptors (Lipinski definition) is 3. The van der Waals surface area contributed by atoms with E-state index >= 15 is 0 Å². The first-order valence-corrected chi connectivity index (χ1v) is 6.14. The van der Waals surface area contributed by atoms with Crippen LogP contribution in [0.3, 0.4) is 0 Å². The fraction of sp³-hybridized carbons (Fsp3) is 0.357. The number of aromatic nitrogens is 2. The fourth-order valence-corrected chi connectivity index (χ4v) is 2.12. The predicted octanol–water partition coefficient (Wildman–Crippen LogP) is 2.25. The molecule has 2 rings (SSSR count). The summed E-state index contributed by atoms with van der Waals surface area (Å²) in [7, 11) is 3.77. The van der Waals surface area contributed by atoms with Crippen LogP contribution in [0, 0.1) is 5.82 Å². The van der Waals surface area contributed by atoms with Crippen molar-refractivity contribution >= 4 is 5.69 Å². The zero-order valence-corrected chi connectivity index (χ0v) is 11.3. The van der Waals surface area contributed by atoms with Crippen LogP contribution in [0.15, 0.2) is 30.6 Å². The number of nitrogens with zero attached hydrogens (tertiary/aromatic N) is 3. The van der Waals surface area contributed by atoms with E-state index in [-0.39, 0.29) is 5.82 Å². The Morgan fingerprint density at radius 3 is 2.79 bits per heavy atom. The molecule has 0 saturated heterocycles. The molecule has 0 unspecified atom stereocenters. The van der Waals surface area contributed by atoms with Gasteiger partial charge in [0.15, 0.2) is 0 Å². The molecule has 0 radical (unpaired) electrons. The van der Waals surface area contributed by atoms with Crippen molar-refractivity contribution in [3.8, 4) is 0 Å². The molecule has 1 atom stereocenters. The molecule has 4 nitrogen and oxygen atoms in total. The summed E-state index contributed by atoms with van der Waals surface area (Å²) >= 11 is 0. The number of rotatable bonds is 4. The Morgan fingerprint density at radius 1 is 1.47 bits per heavy atom. The summed E-state index contributed by atoms with van der Waals surface area (Å²) in [5.74, 6) is 0.488. The second-order valence-electron chi connectivity index (χ2n) is 4.66. The molecule has 19 heavy (non-hydrogen) atoms. The number of imidazole rings is 1. The summed E-state index contributed by atoms with van der Waals surface area (Å²) in [6.45, 7) is 2.11. The van der Waals surface area contributed by atoms with Gasteiger partial charge < -0.3 is 14.6 Å². The lowest BCUT2D eigenvalue weighted by Gasteiger charge is -2.23. The molecule has 5 heteroatoms. The van der Waals surface area contributed by atoms with Gasteiger partial charge in [-0.15, -0.1) is 0 Å².